The lowest BCUT2D eigenvalue weighted by Crippen LogP contribution is -2.54. The standard InChI is InChI=1S/C10H7F6NO/c11-9(12,13)8(10(14,15)16)17-7(18)6-4-2-1-3-5-6/h1-5,8H,(H,17,18). The predicted molar refractivity (Wildman–Crippen MR) is 49.8 cm³/mol. The Bertz CT molecular complexity index is 397. The summed E-state index contributed by atoms with van der Waals surface area (Å²) in [6, 6.07) is 2.47. The van der Waals surface area contributed by atoms with Gasteiger partial charge in [0.15, 0.2) is 0 Å². The van der Waals surface area contributed by atoms with E-state index in [0.717, 1.165) is 17.4 Å². The fourth-order valence-corrected chi connectivity index (χ4v) is 1.15. The SMILES string of the molecule is O=C(NC(C(F)(F)F)C(F)(F)F)c1ccccc1. The molecule has 1 amide bonds. The lowest BCUT2D eigenvalue weighted by atomic mass is 10.2. The van der Waals surface area contributed by atoms with E-state index in [2.05, 4.69) is 0 Å². The quantitative estimate of drug-likeness (QED) is 0.823. The highest BCUT2D eigenvalue weighted by atomic mass is 19.4. The van der Waals surface area contributed by atoms with Gasteiger partial charge in [-0.1, -0.05) is 18.2 Å². The molecule has 1 aromatic rings. The predicted octanol–water partition coefficient (Wildman–Crippen LogP) is 2.91. The first-order chi connectivity index (χ1) is 8.12. The van der Waals surface area contributed by atoms with Gasteiger partial charge < -0.3 is 5.32 Å². The Labute approximate surface area is 97.6 Å². The van der Waals surface area contributed by atoms with Crippen LogP contribution in [0.3, 0.4) is 0 Å². The molecule has 8 heteroatoms. The normalized spacial score (nSPS) is 12.6. The first-order valence-corrected chi connectivity index (χ1v) is 4.61. The minimum atomic E-state index is -5.59. The molecule has 0 radical (unpaired) electrons. The van der Waals surface area contributed by atoms with Crippen molar-refractivity contribution in [3.8, 4) is 0 Å². The summed E-state index contributed by atoms with van der Waals surface area (Å²) in [7, 11) is 0. The molecular formula is C10H7F6NO. The molecular weight excluding hydrogens is 264 g/mol. The van der Waals surface area contributed by atoms with Gasteiger partial charge in [-0.15, -0.1) is 0 Å². The van der Waals surface area contributed by atoms with Crippen LogP contribution in [0.5, 0.6) is 0 Å². The van der Waals surface area contributed by atoms with Crippen molar-refractivity contribution in [1.29, 1.82) is 0 Å². The van der Waals surface area contributed by atoms with E-state index in [1.807, 2.05) is 0 Å². The fraction of sp³-hybridized carbons (Fsp3) is 0.300. The Hall–Kier alpha value is -1.73. The molecule has 2 nitrogen and oxygen atoms in total. The maximum atomic E-state index is 12.2. The lowest BCUT2D eigenvalue weighted by Gasteiger charge is -2.23. The van der Waals surface area contributed by atoms with E-state index in [1.54, 1.807) is 0 Å². The van der Waals surface area contributed by atoms with Crippen LogP contribution in [0.4, 0.5) is 26.3 Å². The third-order valence-corrected chi connectivity index (χ3v) is 1.97. The zero-order valence-corrected chi connectivity index (χ0v) is 8.64. The minimum Gasteiger partial charge on any atom is -0.333 e. The Morgan fingerprint density at radius 2 is 1.39 bits per heavy atom. The molecule has 18 heavy (non-hydrogen) atoms. The molecule has 1 aromatic carbocycles. The second kappa shape index (κ2) is 4.87. The van der Waals surface area contributed by atoms with E-state index >= 15 is 0 Å². The number of hydrogen-bond acceptors (Lipinski definition) is 1. The van der Waals surface area contributed by atoms with Crippen LogP contribution in [-0.4, -0.2) is 24.3 Å². The van der Waals surface area contributed by atoms with Crippen LogP contribution in [-0.2, 0) is 0 Å². The van der Waals surface area contributed by atoms with Crippen LogP contribution >= 0.6 is 0 Å². The summed E-state index contributed by atoms with van der Waals surface area (Å²) in [6.45, 7) is 0. The van der Waals surface area contributed by atoms with E-state index in [0.29, 0.717) is 0 Å². The van der Waals surface area contributed by atoms with Gasteiger partial charge in [-0.3, -0.25) is 4.79 Å². The molecule has 0 spiro atoms. The smallest absolute Gasteiger partial charge is 0.333 e. The van der Waals surface area contributed by atoms with Crippen molar-refractivity contribution in [2.24, 2.45) is 0 Å². The molecule has 0 bridgehead atoms. The Kier molecular flexibility index (Phi) is 3.88. The first-order valence-electron chi connectivity index (χ1n) is 4.61. The maximum Gasteiger partial charge on any atom is 0.417 e. The monoisotopic (exact) mass is 271 g/mol. The topological polar surface area (TPSA) is 29.1 Å². The number of carbonyl (C=O) groups excluding carboxylic acids is 1. The summed E-state index contributed by atoms with van der Waals surface area (Å²) in [5.41, 5.74) is -0.281. The van der Waals surface area contributed by atoms with Gasteiger partial charge in [0.2, 0.25) is 6.04 Å². The minimum absolute atomic E-state index is 0.281. The van der Waals surface area contributed by atoms with Gasteiger partial charge in [-0.25, -0.2) is 0 Å². The van der Waals surface area contributed by atoms with Crippen molar-refractivity contribution in [1.82, 2.24) is 5.32 Å². The van der Waals surface area contributed by atoms with Crippen molar-refractivity contribution in [2.45, 2.75) is 18.4 Å². The summed E-state index contributed by atoms with van der Waals surface area (Å²) in [5.74, 6) is -1.43. The molecule has 0 aromatic heterocycles. The Morgan fingerprint density at radius 1 is 0.944 bits per heavy atom. The number of rotatable bonds is 2. The van der Waals surface area contributed by atoms with Crippen molar-refractivity contribution < 1.29 is 31.1 Å². The van der Waals surface area contributed by atoms with Gasteiger partial charge >= 0.3 is 12.4 Å². The zero-order valence-electron chi connectivity index (χ0n) is 8.64. The summed E-state index contributed by atoms with van der Waals surface area (Å²) in [6.07, 6.45) is -11.2. The third kappa shape index (κ3) is 3.64. The summed E-state index contributed by atoms with van der Waals surface area (Å²) in [5, 5.41) is 0.924. The molecule has 0 unspecified atom stereocenters. The number of alkyl halides is 6. The molecule has 0 saturated heterocycles. The zero-order chi connectivity index (χ0) is 14.0. The fourth-order valence-electron chi connectivity index (χ4n) is 1.15. The second-order valence-electron chi connectivity index (χ2n) is 3.36. The highest BCUT2D eigenvalue weighted by molar-refractivity contribution is 5.94. The van der Waals surface area contributed by atoms with Crippen LogP contribution in [0, 0.1) is 0 Å². The highest BCUT2D eigenvalue weighted by Crippen LogP contribution is 2.33. The van der Waals surface area contributed by atoms with Gasteiger partial charge in [0.25, 0.3) is 5.91 Å². The molecule has 0 heterocycles. The molecule has 0 aliphatic heterocycles. The Morgan fingerprint density at radius 3 is 1.78 bits per heavy atom. The summed E-state index contributed by atoms with van der Waals surface area (Å²) in [4.78, 5) is 11.2. The molecule has 100 valence electrons. The summed E-state index contributed by atoms with van der Waals surface area (Å²) < 4.78 is 72.9. The lowest BCUT2D eigenvalue weighted by molar-refractivity contribution is -0.255. The molecule has 0 fully saturated rings. The second-order valence-corrected chi connectivity index (χ2v) is 3.36. The summed E-state index contributed by atoms with van der Waals surface area (Å²) >= 11 is 0. The number of nitrogens with one attached hydrogen (secondary N) is 1. The molecule has 0 atom stereocenters. The molecule has 0 saturated carbocycles. The van der Waals surface area contributed by atoms with Gasteiger partial charge in [0.1, 0.15) is 0 Å². The van der Waals surface area contributed by atoms with E-state index in [-0.39, 0.29) is 5.56 Å². The van der Waals surface area contributed by atoms with Crippen molar-refractivity contribution in [3.63, 3.8) is 0 Å². The highest BCUT2D eigenvalue weighted by Gasteiger charge is 2.57. The van der Waals surface area contributed by atoms with E-state index in [1.165, 1.54) is 18.2 Å². The van der Waals surface area contributed by atoms with Gasteiger partial charge in [-0.2, -0.15) is 26.3 Å². The largest absolute Gasteiger partial charge is 0.417 e. The molecule has 1 N–H and O–H groups in total. The first kappa shape index (κ1) is 14.3. The van der Waals surface area contributed by atoms with Gasteiger partial charge in [0, 0.05) is 5.56 Å². The van der Waals surface area contributed by atoms with Gasteiger partial charge in [-0.05, 0) is 12.1 Å². The van der Waals surface area contributed by atoms with Gasteiger partial charge in [0.05, 0.1) is 0 Å². The van der Waals surface area contributed by atoms with Crippen LogP contribution in [0.15, 0.2) is 30.3 Å². The van der Waals surface area contributed by atoms with Crippen molar-refractivity contribution in [2.75, 3.05) is 0 Å². The van der Waals surface area contributed by atoms with E-state index in [4.69, 9.17) is 0 Å². The third-order valence-electron chi connectivity index (χ3n) is 1.97. The maximum absolute atomic E-state index is 12.2. The average Bonchev–Trinajstić information content (AvgIpc) is 2.23. The van der Waals surface area contributed by atoms with Crippen molar-refractivity contribution in [3.05, 3.63) is 35.9 Å². The van der Waals surface area contributed by atoms with Crippen LogP contribution in [0.1, 0.15) is 10.4 Å². The van der Waals surface area contributed by atoms with E-state index in [9.17, 15) is 31.1 Å². The number of halogens is 6. The molecule has 1 rings (SSSR count). The van der Waals surface area contributed by atoms with Crippen LogP contribution in [0.2, 0.25) is 0 Å². The van der Waals surface area contributed by atoms with Crippen LogP contribution in [0.25, 0.3) is 0 Å². The average molecular weight is 271 g/mol. The molecule has 0 aliphatic rings. The number of amides is 1. The molecule has 0 aliphatic carbocycles. The van der Waals surface area contributed by atoms with Crippen molar-refractivity contribution >= 4 is 5.91 Å². The number of hydrogen-bond donors (Lipinski definition) is 1. The van der Waals surface area contributed by atoms with Crippen LogP contribution < -0.4 is 5.32 Å². The number of benzene rings is 1. The van der Waals surface area contributed by atoms with E-state index < -0.39 is 24.3 Å². The number of carbonyl (C=O) groups is 1. The Balaban J connectivity index is 2.90.